The number of benzene rings is 1. The van der Waals surface area contributed by atoms with Crippen LogP contribution in [-0.2, 0) is 14.6 Å². The number of rotatable bonds is 9. The number of carboxylic acids is 1. The second-order valence-corrected chi connectivity index (χ2v) is 11.3. The standard InChI is InChI=1S/C23H21N3O8S2/c27-21(26-23-25-19(12-35-23)22(28)29)13-7-16(9-17(8-13)34-15-5-6-32-11-15)33-14-1-4-20(24-10-14)36(30,31)18-2-3-18/h1,4,7-10,12,15,18H,2-3,5-6,11H2,(H,28,29)(H,25,26,27). The zero-order chi connectivity index (χ0) is 25.3. The van der Waals surface area contributed by atoms with E-state index in [0.717, 1.165) is 11.3 Å². The number of anilines is 1. The van der Waals surface area contributed by atoms with Gasteiger partial charge in [0.2, 0.25) is 0 Å². The Kier molecular flexibility index (Phi) is 6.60. The maximum atomic E-state index is 12.9. The first-order valence-corrected chi connectivity index (χ1v) is 13.5. The van der Waals surface area contributed by atoms with E-state index in [1.165, 1.54) is 35.8 Å². The first-order valence-electron chi connectivity index (χ1n) is 11.1. The fourth-order valence-corrected chi connectivity index (χ4v) is 5.74. The van der Waals surface area contributed by atoms with Crippen LogP contribution in [0.2, 0.25) is 0 Å². The molecule has 0 bridgehead atoms. The van der Waals surface area contributed by atoms with Crippen LogP contribution < -0.4 is 14.8 Å². The van der Waals surface area contributed by atoms with Crippen molar-refractivity contribution in [1.29, 1.82) is 0 Å². The molecule has 2 N–H and O–H groups in total. The maximum absolute atomic E-state index is 12.9. The number of thiazole rings is 1. The zero-order valence-electron chi connectivity index (χ0n) is 18.7. The van der Waals surface area contributed by atoms with Gasteiger partial charge < -0.3 is 19.3 Å². The van der Waals surface area contributed by atoms with Gasteiger partial charge in [0.1, 0.15) is 23.4 Å². The predicted molar refractivity (Wildman–Crippen MR) is 128 cm³/mol. The van der Waals surface area contributed by atoms with Crippen LogP contribution >= 0.6 is 11.3 Å². The van der Waals surface area contributed by atoms with Gasteiger partial charge in [0.25, 0.3) is 5.91 Å². The van der Waals surface area contributed by atoms with Crippen LogP contribution in [0.4, 0.5) is 5.13 Å². The van der Waals surface area contributed by atoms with Crippen molar-refractivity contribution < 1.29 is 37.3 Å². The molecule has 1 saturated heterocycles. The highest BCUT2D eigenvalue weighted by molar-refractivity contribution is 7.92. The summed E-state index contributed by atoms with van der Waals surface area (Å²) in [5.74, 6) is -0.811. The van der Waals surface area contributed by atoms with E-state index in [0.29, 0.717) is 38.2 Å². The van der Waals surface area contributed by atoms with E-state index in [4.69, 9.17) is 19.3 Å². The summed E-state index contributed by atoms with van der Waals surface area (Å²) >= 11 is 0.987. The number of carbonyl (C=O) groups excluding carboxylic acids is 1. The number of hydrogen-bond acceptors (Lipinski definition) is 10. The minimum atomic E-state index is -3.42. The number of sulfone groups is 1. The molecule has 1 aliphatic carbocycles. The van der Waals surface area contributed by atoms with E-state index < -0.39 is 21.7 Å². The van der Waals surface area contributed by atoms with Gasteiger partial charge in [0.15, 0.2) is 25.7 Å². The van der Waals surface area contributed by atoms with Crippen LogP contribution in [0, 0.1) is 0 Å². The van der Waals surface area contributed by atoms with Gasteiger partial charge in [-0.25, -0.2) is 23.2 Å². The quantitative estimate of drug-likeness (QED) is 0.420. The van der Waals surface area contributed by atoms with Gasteiger partial charge in [-0.05, 0) is 37.1 Å². The molecule has 0 spiro atoms. The van der Waals surface area contributed by atoms with Gasteiger partial charge in [0, 0.05) is 23.4 Å². The SMILES string of the molecule is O=C(Nc1nc(C(=O)O)cs1)c1cc(Oc2ccc(S(=O)(=O)C3CC3)nc2)cc(OC2CCOC2)c1. The summed E-state index contributed by atoms with van der Waals surface area (Å²) in [6.07, 6.45) is 3.12. The number of pyridine rings is 1. The smallest absolute Gasteiger partial charge is 0.355 e. The molecule has 1 unspecified atom stereocenters. The van der Waals surface area contributed by atoms with Crippen molar-refractivity contribution in [2.45, 2.75) is 35.6 Å². The molecule has 1 atom stereocenters. The fraction of sp³-hybridized carbons (Fsp3) is 0.304. The number of ether oxygens (including phenoxy) is 3. The highest BCUT2D eigenvalue weighted by Gasteiger charge is 2.37. The predicted octanol–water partition coefficient (Wildman–Crippen LogP) is 3.38. The van der Waals surface area contributed by atoms with Crippen molar-refractivity contribution in [2.75, 3.05) is 18.5 Å². The number of amides is 1. The van der Waals surface area contributed by atoms with Crippen LogP contribution in [0.15, 0.2) is 46.9 Å². The molecule has 1 amide bonds. The summed E-state index contributed by atoms with van der Waals surface area (Å²) in [6.45, 7) is 0.997. The lowest BCUT2D eigenvalue weighted by Gasteiger charge is -2.15. The summed E-state index contributed by atoms with van der Waals surface area (Å²) in [4.78, 5) is 31.9. The Balaban J connectivity index is 1.37. The first kappa shape index (κ1) is 24.2. The molecule has 11 nitrogen and oxygen atoms in total. The Morgan fingerprint density at radius 3 is 2.56 bits per heavy atom. The summed E-state index contributed by atoms with van der Waals surface area (Å²) < 4.78 is 41.9. The summed E-state index contributed by atoms with van der Waals surface area (Å²) in [7, 11) is -3.42. The average molecular weight is 532 g/mol. The molecule has 1 aliphatic heterocycles. The van der Waals surface area contributed by atoms with Crippen molar-refractivity contribution in [3.05, 3.63) is 53.2 Å². The highest BCUT2D eigenvalue weighted by atomic mass is 32.2. The van der Waals surface area contributed by atoms with Gasteiger partial charge >= 0.3 is 5.97 Å². The Morgan fingerprint density at radius 1 is 1.11 bits per heavy atom. The minimum absolute atomic E-state index is 0.0000812. The number of hydrogen-bond donors (Lipinski definition) is 2. The third-order valence-corrected chi connectivity index (χ3v) is 8.41. The molecule has 188 valence electrons. The average Bonchev–Trinajstić information content (AvgIpc) is 3.41. The second kappa shape index (κ2) is 9.84. The third-order valence-electron chi connectivity index (χ3n) is 5.48. The van der Waals surface area contributed by atoms with Crippen LogP contribution in [0.25, 0.3) is 0 Å². The monoisotopic (exact) mass is 531 g/mol. The number of carbonyl (C=O) groups is 2. The number of nitrogens with zero attached hydrogens (tertiary/aromatic N) is 2. The van der Waals surface area contributed by atoms with Gasteiger partial charge in [-0.15, -0.1) is 11.3 Å². The molecule has 3 heterocycles. The van der Waals surface area contributed by atoms with Crippen molar-refractivity contribution in [2.24, 2.45) is 0 Å². The van der Waals surface area contributed by atoms with Gasteiger partial charge in [-0.3, -0.25) is 10.1 Å². The van der Waals surface area contributed by atoms with Crippen LogP contribution in [0.3, 0.4) is 0 Å². The molecule has 36 heavy (non-hydrogen) atoms. The minimum Gasteiger partial charge on any atom is -0.488 e. The summed E-state index contributed by atoms with van der Waals surface area (Å²) in [6, 6.07) is 7.53. The zero-order valence-corrected chi connectivity index (χ0v) is 20.4. The molecule has 5 rings (SSSR count). The third kappa shape index (κ3) is 5.48. The molecule has 0 radical (unpaired) electrons. The number of aromatic carboxylic acids is 1. The Labute approximate surface area is 210 Å². The normalized spacial score (nSPS) is 17.5. The largest absolute Gasteiger partial charge is 0.488 e. The second-order valence-electron chi connectivity index (χ2n) is 8.27. The number of carboxylic acid groups (broad SMARTS) is 1. The van der Waals surface area contributed by atoms with Gasteiger partial charge in [0.05, 0.1) is 24.7 Å². The molecule has 2 aliphatic rings. The number of nitrogens with one attached hydrogen (secondary N) is 1. The van der Waals surface area contributed by atoms with E-state index in [1.807, 2.05) is 0 Å². The van der Waals surface area contributed by atoms with Crippen molar-refractivity contribution in [3.8, 4) is 17.2 Å². The molecular formula is C23H21N3O8S2. The Hall–Kier alpha value is -3.55. The fourth-order valence-electron chi connectivity index (χ4n) is 3.51. The van der Waals surface area contributed by atoms with E-state index in [-0.39, 0.29) is 44.3 Å². The number of aromatic nitrogens is 2. The summed E-state index contributed by atoms with van der Waals surface area (Å²) in [5, 5.41) is 12.7. The van der Waals surface area contributed by atoms with E-state index in [1.54, 1.807) is 6.07 Å². The van der Waals surface area contributed by atoms with Crippen LogP contribution in [-0.4, -0.2) is 59.9 Å². The van der Waals surface area contributed by atoms with Crippen molar-refractivity contribution >= 4 is 38.2 Å². The first-order chi connectivity index (χ1) is 17.3. The van der Waals surface area contributed by atoms with Crippen LogP contribution in [0.5, 0.6) is 17.2 Å². The Bertz CT molecular complexity index is 1390. The highest BCUT2D eigenvalue weighted by Crippen LogP contribution is 2.34. The topological polar surface area (TPSA) is 154 Å². The lowest BCUT2D eigenvalue weighted by atomic mass is 10.2. The van der Waals surface area contributed by atoms with E-state index in [9.17, 15) is 18.0 Å². The van der Waals surface area contributed by atoms with Gasteiger partial charge in [-0.2, -0.15) is 0 Å². The van der Waals surface area contributed by atoms with Gasteiger partial charge in [-0.1, -0.05) is 0 Å². The maximum Gasteiger partial charge on any atom is 0.355 e. The van der Waals surface area contributed by atoms with Crippen LogP contribution in [0.1, 0.15) is 40.1 Å². The molecular weight excluding hydrogens is 510 g/mol. The van der Waals surface area contributed by atoms with Crippen molar-refractivity contribution in [1.82, 2.24) is 9.97 Å². The molecule has 2 aromatic heterocycles. The lowest BCUT2D eigenvalue weighted by molar-refractivity contribution is 0.0691. The molecule has 1 saturated carbocycles. The summed E-state index contributed by atoms with van der Waals surface area (Å²) in [5.41, 5.74) is 0.0201. The lowest BCUT2D eigenvalue weighted by Crippen LogP contribution is -2.17. The Morgan fingerprint density at radius 2 is 1.92 bits per heavy atom. The van der Waals surface area contributed by atoms with Crippen molar-refractivity contribution in [3.63, 3.8) is 0 Å². The molecule has 1 aromatic carbocycles. The van der Waals surface area contributed by atoms with E-state index in [2.05, 4.69) is 15.3 Å². The van der Waals surface area contributed by atoms with E-state index >= 15 is 0 Å². The molecule has 2 fully saturated rings. The molecule has 3 aromatic rings. The molecule has 13 heteroatoms.